The number of carbonyl (C=O) groups excluding carboxylic acids is 1. The standard InChI is InChI=1S/C30H34F3N5O3S/c1-18-4-3-9-37(16-18)17-25-28(21-6-5-19(2)22(12-21)30(31,32)33)36-27(42-25)13-24(39)23-14-35-26(15-34-23)38-10-7-20(8-11-38)29(40)41/h5-6,12,14-15,18,20H,3-4,7-11,13,16-17H2,1-2H3,(H,40,41). The Labute approximate surface area is 246 Å². The highest BCUT2D eigenvalue weighted by molar-refractivity contribution is 7.12. The van der Waals surface area contributed by atoms with Crippen molar-refractivity contribution in [3.63, 3.8) is 0 Å². The van der Waals surface area contributed by atoms with E-state index in [4.69, 9.17) is 4.98 Å². The summed E-state index contributed by atoms with van der Waals surface area (Å²) in [5.74, 6) is -0.301. The maximum atomic E-state index is 13.7. The zero-order valence-corrected chi connectivity index (χ0v) is 24.5. The van der Waals surface area contributed by atoms with Gasteiger partial charge in [0.05, 0.1) is 36.0 Å². The number of benzene rings is 1. The molecule has 2 saturated heterocycles. The molecule has 1 aromatic carbocycles. The zero-order chi connectivity index (χ0) is 30.0. The van der Waals surface area contributed by atoms with Gasteiger partial charge >= 0.3 is 12.1 Å². The Morgan fingerprint density at radius 3 is 2.50 bits per heavy atom. The number of Topliss-reactive ketones (excluding diaryl/α,β-unsaturated/α-hetero) is 1. The van der Waals surface area contributed by atoms with Crippen molar-refractivity contribution in [3.05, 3.63) is 57.3 Å². The molecule has 0 spiro atoms. The second-order valence-corrected chi connectivity index (χ2v) is 12.5. The molecule has 0 amide bonds. The van der Waals surface area contributed by atoms with Crippen LogP contribution in [0.15, 0.2) is 30.6 Å². The number of piperidine rings is 2. The first-order valence-electron chi connectivity index (χ1n) is 14.2. The molecular formula is C30H34F3N5O3S. The van der Waals surface area contributed by atoms with E-state index >= 15 is 0 Å². The van der Waals surface area contributed by atoms with Crippen molar-refractivity contribution in [2.24, 2.45) is 11.8 Å². The second kappa shape index (κ2) is 12.5. The van der Waals surface area contributed by atoms with Crippen LogP contribution in [0.1, 0.15) is 64.1 Å². The van der Waals surface area contributed by atoms with Crippen molar-refractivity contribution in [3.8, 4) is 11.3 Å². The maximum absolute atomic E-state index is 13.7. The summed E-state index contributed by atoms with van der Waals surface area (Å²) in [4.78, 5) is 42.9. The van der Waals surface area contributed by atoms with Crippen LogP contribution in [0.3, 0.4) is 0 Å². The maximum Gasteiger partial charge on any atom is 0.416 e. The van der Waals surface area contributed by atoms with Crippen molar-refractivity contribution < 1.29 is 27.9 Å². The van der Waals surface area contributed by atoms with Gasteiger partial charge in [-0.2, -0.15) is 13.2 Å². The number of aliphatic carboxylic acids is 1. The lowest BCUT2D eigenvalue weighted by molar-refractivity contribution is -0.142. The summed E-state index contributed by atoms with van der Waals surface area (Å²) >= 11 is 1.36. The van der Waals surface area contributed by atoms with E-state index in [1.165, 1.54) is 36.7 Å². The third kappa shape index (κ3) is 6.97. The molecule has 2 aliphatic rings. The molecule has 2 aromatic heterocycles. The number of aryl methyl sites for hydroxylation is 1. The van der Waals surface area contributed by atoms with E-state index in [-0.39, 0.29) is 29.4 Å². The molecule has 4 heterocycles. The Hall–Kier alpha value is -3.38. The van der Waals surface area contributed by atoms with E-state index in [0.717, 1.165) is 36.9 Å². The smallest absolute Gasteiger partial charge is 0.416 e. The first-order valence-corrected chi connectivity index (χ1v) is 15.0. The molecule has 12 heteroatoms. The van der Waals surface area contributed by atoms with Crippen LogP contribution in [0.25, 0.3) is 11.3 Å². The summed E-state index contributed by atoms with van der Waals surface area (Å²) in [6.45, 7) is 7.12. The third-order valence-corrected chi connectivity index (χ3v) is 9.11. The fourth-order valence-electron chi connectivity index (χ4n) is 5.73. The molecule has 2 aliphatic heterocycles. The fourth-order valence-corrected chi connectivity index (χ4v) is 6.86. The number of likely N-dealkylation sites (tertiary alicyclic amines) is 1. The van der Waals surface area contributed by atoms with Crippen LogP contribution in [0.5, 0.6) is 0 Å². The molecule has 3 aromatic rings. The van der Waals surface area contributed by atoms with Crippen LogP contribution in [0.2, 0.25) is 0 Å². The number of hydrogen-bond donors (Lipinski definition) is 1. The van der Waals surface area contributed by atoms with Gasteiger partial charge in [-0.15, -0.1) is 11.3 Å². The molecule has 0 radical (unpaired) electrons. The average Bonchev–Trinajstić information content (AvgIpc) is 3.34. The molecule has 1 N–H and O–H groups in total. The summed E-state index contributed by atoms with van der Waals surface area (Å²) < 4.78 is 41.1. The fraction of sp³-hybridized carbons (Fsp3) is 0.500. The number of rotatable bonds is 8. The zero-order valence-electron chi connectivity index (χ0n) is 23.7. The lowest BCUT2D eigenvalue weighted by Crippen LogP contribution is -2.36. The number of alkyl halides is 3. The first kappa shape index (κ1) is 30.1. The van der Waals surface area contributed by atoms with Crippen LogP contribution in [0.4, 0.5) is 19.0 Å². The SMILES string of the molecule is Cc1ccc(-c2nc(CC(=O)c3cnc(N4CCC(C(=O)O)CC4)cn3)sc2CN2CCCC(C)C2)cc1C(F)(F)F. The number of carbonyl (C=O) groups is 2. The Kier molecular flexibility index (Phi) is 8.93. The van der Waals surface area contributed by atoms with Crippen molar-refractivity contribution in [1.82, 2.24) is 19.9 Å². The number of halogens is 3. The predicted octanol–water partition coefficient (Wildman–Crippen LogP) is 5.89. The van der Waals surface area contributed by atoms with E-state index in [2.05, 4.69) is 21.8 Å². The van der Waals surface area contributed by atoms with E-state index < -0.39 is 17.7 Å². The number of nitrogens with zero attached hydrogens (tertiary/aromatic N) is 5. The summed E-state index contributed by atoms with van der Waals surface area (Å²) in [5, 5.41) is 9.73. The highest BCUT2D eigenvalue weighted by Gasteiger charge is 2.33. The Bertz CT molecular complexity index is 1430. The van der Waals surface area contributed by atoms with Gasteiger partial charge < -0.3 is 10.0 Å². The van der Waals surface area contributed by atoms with Crippen LogP contribution in [-0.2, 0) is 23.9 Å². The summed E-state index contributed by atoms with van der Waals surface area (Å²) in [5.41, 5.74) is 0.510. The van der Waals surface area contributed by atoms with E-state index in [0.29, 0.717) is 60.5 Å². The van der Waals surface area contributed by atoms with Gasteiger partial charge in [-0.1, -0.05) is 19.1 Å². The number of ketones is 1. The monoisotopic (exact) mass is 601 g/mol. The molecule has 0 saturated carbocycles. The minimum Gasteiger partial charge on any atom is -0.481 e. The van der Waals surface area contributed by atoms with Gasteiger partial charge in [0.2, 0.25) is 0 Å². The lowest BCUT2D eigenvalue weighted by atomic mass is 9.97. The number of carboxylic acids is 1. The third-order valence-electron chi connectivity index (χ3n) is 8.07. The van der Waals surface area contributed by atoms with Gasteiger partial charge in [-0.05, 0) is 56.7 Å². The van der Waals surface area contributed by atoms with Gasteiger partial charge in [-0.3, -0.25) is 14.5 Å². The van der Waals surface area contributed by atoms with E-state index in [1.54, 1.807) is 6.07 Å². The van der Waals surface area contributed by atoms with Gasteiger partial charge in [0.1, 0.15) is 16.5 Å². The normalized spacial score (nSPS) is 18.8. The van der Waals surface area contributed by atoms with Crippen LogP contribution in [-0.4, -0.2) is 62.9 Å². The highest BCUT2D eigenvalue weighted by atomic mass is 32.1. The predicted molar refractivity (Wildman–Crippen MR) is 154 cm³/mol. The molecule has 8 nitrogen and oxygen atoms in total. The number of anilines is 1. The molecule has 2 fully saturated rings. The summed E-state index contributed by atoms with van der Waals surface area (Å²) in [6, 6.07) is 4.29. The van der Waals surface area contributed by atoms with Crippen LogP contribution >= 0.6 is 11.3 Å². The minimum atomic E-state index is -4.48. The summed E-state index contributed by atoms with van der Waals surface area (Å²) in [7, 11) is 0. The number of carboxylic acid groups (broad SMARTS) is 1. The van der Waals surface area contributed by atoms with Gasteiger partial charge in [0, 0.05) is 36.6 Å². The molecule has 5 rings (SSSR count). The van der Waals surface area contributed by atoms with Crippen LogP contribution < -0.4 is 4.90 Å². The molecule has 1 unspecified atom stereocenters. The molecule has 42 heavy (non-hydrogen) atoms. The van der Waals surface area contributed by atoms with Gasteiger partial charge in [0.15, 0.2) is 5.78 Å². The number of hydrogen-bond acceptors (Lipinski definition) is 8. The molecule has 224 valence electrons. The van der Waals surface area contributed by atoms with Crippen molar-refractivity contribution in [2.45, 2.75) is 58.7 Å². The summed E-state index contributed by atoms with van der Waals surface area (Å²) in [6.07, 6.45) is 1.69. The molecule has 0 bridgehead atoms. The van der Waals surface area contributed by atoms with Crippen LogP contribution in [0, 0.1) is 18.8 Å². The Morgan fingerprint density at radius 2 is 1.86 bits per heavy atom. The first-order chi connectivity index (χ1) is 20.0. The highest BCUT2D eigenvalue weighted by Crippen LogP contribution is 2.37. The van der Waals surface area contributed by atoms with E-state index in [1.807, 2.05) is 4.90 Å². The lowest BCUT2D eigenvalue weighted by Gasteiger charge is -2.30. The molecular weight excluding hydrogens is 567 g/mol. The second-order valence-electron chi connectivity index (χ2n) is 11.3. The van der Waals surface area contributed by atoms with Gasteiger partial charge in [-0.25, -0.2) is 15.0 Å². The Balaban J connectivity index is 1.35. The molecule has 0 aliphatic carbocycles. The van der Waals surface area contributed by atoms with Crippen molar-refractivity contribution in [1.29, 1.82) is 0 Å². The van der Waals surface area contributed by atoms with Crippen molar-refractivity contribution in [2.75, 3.05) is 31.1 Å². The number of aromatic nitrogens is 3. The van der Waals surface area contributed by atoms with Gasteiger partial charge in [0.25, 0.3) is 0 Å². The van der Waals surface area contributed by atoms with E-state index in [9.17, 15) is 27.9 Å². The Morgan fingerprint density at radius 1 is 1.10 bits per heavy atom. The topological polar surface area (TPSA) is 99.5 Å². The van der Waals surface area contributed by atoms with Crippen molar-refractivity contribution >= 4 is 28.9 Å². The number of thiazole rings is 1. The molecule has 1 atom stereocenters. The average molecular weight is 602 g/mol. The quantitative estimate of drug-likeness (QED) is 0.320. The minimum absolute atomic E-state index is 0.0376. The largest absolute Gasteiger partial charge is 0.481 e.